The molecule has 1 fully saturated rings. The topological polar surface area (TPSA) is 95.9 Å². The van der Waals surface area contributed by atoms with Gasteiger partial charge in [0, 0.05) is 31.1 Å². The van der Waals surface area contributed by atoms with Gasteiger partial charge >= 0.3 is 5.91 Å². The molecule has 1 saturated heterocycles. The Morgan fingerprint density at radius 2 is 1.56 bits per heavy atom. The number of nitrogens with zero attached hydrogens (tertiary/aromatic N) is 4. The van der Waals surface area contributed by atoms with Crippen LogP contribution in [0.15, 0.2) is 125 Å². The van der Waals surface area contributed by atoms with Crippen molar-refractivity contribution in [3.63, 3.8) is 0 Å². The van der Waals surface area contributed by atoms with E-state index in [9.17, 15) is 14.7 Å². The van der Waals surface area contributed by atoms with Gasteiger partial charge in [-0.15, -0.1) is 10.2 Å². The second kappa shape index (κ2) is 14.2. The Labute approximate surface area is 298 Å². The number of hydrogen-bond donors (Lipinski definition) is 1. The van der Waals surface area contributed by atoms with E-state index in [2.05, 4.69) is 34.5 Å². The number of aromatic nitrogens is 2. The summed E-state index contributed by atoms with van der Waals surface area (Å²) in [5.74, 6) is -0.552. The number of thioether (sulfide) groups is 1. The molecule has 1 amide bonds. The second-order valence-corrected chi connectivity index (χ2v) is 14.4. The number of carbonyl (C=O) groups is 2. The normalized spacial score (nSPS) is 15.5. The van der Waals surface area contributed by atoms with Crippen LogP contribution in [0, 0.1) is 6.92 Å². The van der Waals surface area contributed by atoms with E-state index in [1.165, 1.54) is 33.4 Å². The molecule has 1 unspecified atom stereocenters. The molecule has 0 saturated carbocycles. The maximum absolute atomic E-state index is 13.8. The first-order chi connectivity index (χ1) is 24.3. The van der Waals surface area contributed by atoms with Crippen molar-refractivity contribution in [3.8, 4) is 5.75 Å². The number of ketones is 1. The lowest BCUT2D eigenvalue weighted by atomic mass is 9.95. The molecule has 0 radical (unpaired) electrons. The number of aliphatic hydroxyl groups excluding tert-OH is 1. The Kier molecular flexibility index (Phi) is 9.38. The summed E-state index contributed by atoms with van der Waals surface area (Å²) in [6.07, 6.45) is 0. The summed E-state index contributed by atoms with van der Waals surface area (Å²) in [6.45, 7) is 2.43. The number of benzene rings is 5. The third-order valence-corrected chi connectivity index (χ3v) is 10.9. The van der Waals surface area contributed by atoms with Crippen molar-refractivity contribution in [2.45, 2.75) is 29.7 Å². The van der Waals surface area contributed by atoms with Gasteiger partial charge in [-0.2, -0.15) is 0 Å². The molecule has 1 aliphatic rings. The summed E-state index contributed by atoms with van der Waals surface area (Å²) in [5, 5.41) is 23.1. The Hall–Kier alpha value is -5.45. The van der Waals surface area contributed by atoms with Crippen LogP contribution in [0.2, 0.25) is 0 Å². The van der Waals surface area contributed by atoms with Gasteiger partial charge in [-0.1, -0.05) is 102 Å². The molecule has 1 aliphatic heterocycles. The zero-order valence-electron chi connectivity index (χ0n) is 27.7. The van der Waals surface area contributed by atoms with Gasteiger partial charge in [0.1, 0.15) is 18.1 Å². The van der Waals surface area contributed by atoms with E-state index in [1.807, 2.05) is 92.6 Å². The highest BCUT2D eigenvalue weighted by Crippen LogP contribution is 2.44. The molecule has 10 heteroatoms. The number of aliphatic hydroxyl groups is 1. The molecule has 50 heavy (non-hydrogen) atoms. The molecule has 0 aliphatic carbocycles. The van der Waals surface area contributed by atoms with Crippen molar-refractivity contribution in [2.75, 3.05) is 23.9 Å². The van der Waals surface area contributed by atoms with Crippen molar-refractivity contribution in [3.05, 3.63) is 149 Å². The zero-order chi connectivity index (χ0) is 34.8. The Bertz CT molecular complexity index is 2220. The minimum atomic E-state index is -0.910. The molecule has 8 nitrogen and oxygen atoms in total. The van der Waals surface area contributed by atoms with E-state index < -0.39 is 17.7 Å². The van der Waals surface area contributed by atoms with Crippen molar-refractivity contribution < 1.29 is 19.4 Å². The lowest BCUT2D eigenvalue weighted by Crippen LogP contribution is -2.29. The third-order valence-electron chi connectivity index (χ3n) is 8.79. The van der Waals surface area contributed by atoms with E-state index in [0.717, 1.165) is 27.8 Å². The first-order valence-corrected chi connectivity index (χ1v) is 17.9. The average Bonchev–Trinajstić information content (AvgIpc) is 3.71. The largest absolute Gasteiger partial charge is 0.507 e. The summed E-state index contributed by atoms with van der Waals surface area (Å²) in [6, 6.07) is 36.0. The molecule has 5 aromatic carbocycles. The number of anilines is 2. The van der Waals surface area contributed by atoms with Crippen LogP contribution < -0.4 is 14.5 Å². The van der Waals surface area contributed by atoms with E-state index in [4.69, 9.17) is 4.74 Å². The number of hydrogen-bond acceptors (Lipinski definition) is 9. The average molecular weight is 699 g/mol. The van der Waals surface area contributed by atoms with Crippen LogP contribution in [-0.2, 0) is 21.9 Å². The maximum Gasteiger partial charge on any atom is 0.301 e. The summed E-state index contributed by atoms with van der Waals surface area (Å²) < 4.78 is 6.66. The first-order valence-electron chi connectivity index (χ1n) is 16.1. The predicted octanol–water partition coefficient (Wildman–Crippen LogP) is 8.56. The van der Waals surface area contributed by atoms with Crippen LogP contribution in [0.4, 0.5) is 10.8 Å². The van der Waals surface area contributed by atoms with E-state index in [-0.39, 0.29) is 16.5 Å². The standard InChI is InChI=1S/C40H34N4O4S2/c1-25-9-4-5-11-29(25)23-48-32-21-17-28(18-22-32)36(45)34-35(27-15-19-31(20-16-27)43(2)3)44(38(47)37(34)46)39-41-42-40(50-39)49-24-30-13-8-12-26-10-6-7-14-33(26)30/h4-22,35,45H,23-24H2,1-3H3/b36-34+. The number of ether oxygens (including phenoxy) is 1. The van der Waals surface area contributed by atoms with Gasteiger partial charge in [-0.3, -0.25) is 14.5 Å². The lowest BCUT2D eigenvalue weighted by Gasteiger charge is -2.23. The number of rotatable bonds is 10. The number of aryl methyl sites for hydroxylation is 1. The third kappa shape index (κ3) is 6.59. The van der Waals surface area contributed by atoms with Gasteiger partial charge in [0.2, 0.25) is 5.13 Å². The van der Waals surface area contributed by atoms with E-state index in [0.29, 0.717) is 33.6 Å². The maximum atomic E-state index is 13.8. The van der Waals surface area contributed by atoms with Crippen LogP contribution in [0.3, 0.4) is 0 Å². The quantitative estimate of drug-likeness (QED) is 0.0500. The molecule has 250 valence electrons. The van der Waals surface area contributed by atoms with Crippen LogP contribution in [-0.4, -0.2) is 41.1 Å². The van der Waals surface area contributed by atoms with Crippen LogP contribution in [0.25, 0.3) is 16.5 Å². The predicted molar refractivity (Wildman–Crippen MR) is 201 cm³/mol. The zero-order valence-corrected chi connectivity index (χ0v) is 29.4. The molecule has 2 heterocycles. The minimum absolute atomic E-state index is 0.0126. The fourth-order valence-electron chi connectivity index (χ4n) is 6.01. The van der Waals surface area contributed by atoms with Gasteiger partial charge < -0.3 is 14.7 Å². The highest BCUT2D eigenvalue weighted by atomic mass is 32.2. The van der Waals surface area contributed by atoms with Gasteiger partial charge in [0.15, 0.2) is 4.34 Å². The summed E-state index contributed by atoms with van der Waals surface area (Å²) in [5.41, 5.74) is 5.37. The Balaban J connectivity index is 1.19. The SMILES string of the molecule is Cc1ccccc1COc1ccc(/C(O)=C2\C(=O)C(=O)N(c3nnc(SCc4cccc5ccccc45)s3)C2c2ccc(N(C)C)cc2)cc1. The van der Waals surface area contributed by atoms with E-state index >= 15 is 0 Å². The molecule has 0 bridgehead atoms. The molecule has 7 rings (SSSR count). The summed E-state index contributed by atoms with van der Waals surface area (Å²) in [4.78, 5) is 30.9. The molecule has 0 spiro atoms. The number of Topliss-reactive ketones (excluding diaryl/α,β-unsaturated/α-hetero) is 1. The second-order valence-electron chi connectivity index (χ2n) is 12.2. The first kappa shape index (κ1) is 33.1. The van der Waals surface area contributed by atoms with Gasteiger partial charge in [-0.05, 0) is 76.3 Å². The number of fused-ring (bicyclic) bond motifs is 1. The minimum Gasteiger partial charge on any atom is -0.507 e. The fraction of sp³-hybridized carbons (Fsp3) is 0.150. The Morgan fingerprint density at radius 1 is 0.860 bits per heavy atom. The molecular formula is C40H34N4O4S2. The number of carbonyl (C=O) groups excluding carboxylic acids is 2. The Morgan fingerprint density at radius 3 is 2.32 bits per heavy atom. The smallest absolute Gasteiger partial charge is 0.301 e. The van der Waals surface area contributed by atoms with Crippen molar-refractivity contribution in [1.82, 2.24) is 10.2 Å². The van der Waals surface area contributed by atoms with Gasteiger partial charge in [0.25, 0.3) is 5.78 Å². The molecular weight excluding hydrogens is 665 g/mol. The summed E-state index contributed by atoms with van der Waals surface area (Å²) >= 11 is 2.77. The van der Waals surface area contributed by atoms with Crippen molar-refractivity contribution in [1.29, 1.82) is 0 Å². The highest BCUT2D eigenvalue weighted by molar-refractivity contribution is 8.00. The lowest BCUT2D eigenvalue weighted by molar-refractivity contribution is -0.132. The van der Waals surface area contributed by atoms with Crippen LogP contribution in [0.5, 0.6) is 5.75 Å². The highest BCUT2D eigenvalue weighted by Gasteiger charge is 2.48. The van der Waals surface area contributed by atoms with Gasteiger partial charge in [0.05, 0.1) is 11.6 Å². The summed E-state index contributed by atoms with van der Waals surface area (Å²) in [7, 11) is 3.88. The van der Waals surface area contributed by atoms with Crippen molar-refractivity contribution >= 4 is 62.1 Å². The molecule has 1 atom stereocenters. The monoisotopic (exact) mass is 698 g/mol. The molecule has 1 N–H and O–H groups in total. The fourth-order valence-corrected chi connectivity index (χ4v) is 7.89. The molecule has 1 aromatic heterocycles. The van der Waals surface area contributed by atoms with Gasteiger partial charge in [-0.25, -0.2) is 0 Å². The van der Waals surface area contributed by atoms with E-state index in [1.54, 1.807) is 24.3 Å². The molecule has 6 aromatic rings. The van der Waals surface area contributed by atoms with Crippen LogP contribution >= 0.6 is 23.1 Å². The van der Waals surface area contributed by atoms with Crippen LogP contribution in [0.1, 0.15) is 33.9 Å². The van der Waals surface area contributed by atoms with Crippen molar-refractivity contribution in [2.24, 2.45) is 0 Å². The number of amides is 1.